The van der Waals surface area contributed by atoms with Crippen LogP contribution in [0.15, 0.2) is 18.3 Å². The number of aromatic nitrogens is 1. The van der Waals surface area contributed by atoms with Crippen LogP contribution < -0.4 is 10.6 Å². The third-order valence-corrected chi connectivity index (χ3v) is 3.33. The second-order valence-electron chi connectivity index (χ2n) is 4.91. The molecule has 1 aliphatic rings. The number of likely N-dealkylation sites (tertiary alicyclic amines) is 1. The Morgan fingerprint density at radius 3 is 3.05 bits per heavy atom. The molecule has 6 nitrogen and oxygen atoms in total. The van der Waals surface area contributed by atoms with E-state index in [9.17, 15) is 9.59 Å². The van der Waals surface area contributed by atoms with E-state index in [1.54, 1.807) is 18.3 Å². The van der Waals surface area contributed by atoms with Gasteiger partial charge in [0, 0.05) is 12.7 Å². The summed E-state index contributed by atoms with van der Waals surface area (Å²) in [7, 11) is 1.93. The Labute approximate surface area is 112 Å². The lowest BCUT2D eigenvalue weighted by atomic mass is 10.1. The summed E-state index contributed by atoms with van der Waals surface area (Å²) in [6.07, 6.45) is 2.75. The number of nitrogens with zero attached hydrogens (tertiary/aromatic N) is 1. The van der Waals surface area contributed by atoms with Crippen LogP contribution in [0, 0.1) is 5.92 Å². The predicted molar refractivity (Wildman–Crippen MR) is 71.7 cm³/mol. The Hall–Kier alpha value is -1.66. The Bertz CT molecular complexity index is 430. The molecule has 104 valence electrons. The monoisotopic (exact) mass is 264 g/mol. The van der Waals surface area contributed by atoms with E-state index in [2.05, 4.69) is 20.5 Å². The van der Waals surface area contributed by atoms with Crippen molar-refractivity contribution in [1.82, 2.24) is 20.5 Å². The molecule has 3 N–H and O–H groups in total. The molecule has 1 aliphatic heterocycles. The maximum Gasteiger partial charge on any atom is 0.274 e. The first kappa shape index (κ1) is 13.8. The summed E-state index contributed by atoms with van der Waals surface area (Å²) < 4.78 is 0. The van der Waals surface area contributed by atoms with Gasteiger partial charge in [0.05, 0.1) is 6.54 Å². The number of hydrogen-bond acceptors (Lipinski definition) is 4. The van der Waals surface area contributed by atoms with Crippen LogP contribution in [0.25, 0.3) is 0 Å². The number of rotatable bonds is 5. The summed E-state index contributed by atoms with van der Waals surface area (Å²) in [6, 6.07) is 3.36. The van der Waals surface area contributed by atoms with Crippen LogP contribution in [0.1, 0.15) is 16.9 Å². The highest BCUT2D eigenvalue weighted by Crippen LogP contribution is 2.14. The molecule has 0 saturated carbocycles. The summed E-state index contributed by atoms with van der Waals surface area (Å²) in [4.78, 5) is 28.3. The van der Waals surface area contributed by atoms with Gasteiger partial charge in [-0.2, -0.15) is 0 Å². The highest BCUT2D eigenvalue weighted by atomic mass is 16.2. The molecule has 2 rings (SSSR count). The summed E-state index contributed by atoms with van der Waals surface area (Å²) in [5.41, 5.74) is 0.405. The zero-order valence-corrected chi connectivity index (χ0v) is 11.1. The number of carbonyl (C=O) groups is 2. The first-order valence-corrected chi connectivity index (χ1v) is 6.53. The molecule has 2 heterocycles. The zero-order chi connectivity index (χ0) is 13.7. The fourth-order valence-electron chi connectivity index (χ4n) is 2.42. The molecule has 19 heavy (non-hydrogen) atoms. The minimum Gasteiger partial charge on any atom is -0.357 e. The van der Waals surface area contributed by atoms with Crippen LogP contribution in [0.5, 0.6) is 0 Å². The number of H-pyrrole nitrogens is 1. The molecule has 1 atom stereocenters. The van der Waals surface area contributed by atoms with Gasteiger partial charge in [-0.05, 0) is 44.6 Å². The number of nitrogens with one attached hydrogen (secondary N) is 3. The van der Waals surface area contributed by atoms with Gasteiger partial charge in [0.1, 0.15) is 5.69 Å². The van der Waals surface area contributed by atoms with Crippen molar-refractivity contribution in [3.05, 3.63) is 24.0 Å². The second-order valence-corrected chi connectivity index (χ2v) is 4.91. The summed E-state index contributed by atoms with van der Waals surface area (Å²) in [6.45, 7) is 3.08. The molecule has 1 unspecified atom stereocenters. The summed E-state index contributed by atoms with van der Waals surface area (Å²) >= 11 is 0. The van der Waals surface area contributed by atoms with E-state index in [0.717, 1.165) is 26.1 Å². The maximum atomic E-state index is 11.8. The van der Waals surface area contributed by atoms with Crippen molar-refractivity contribution < 1.29 is 9.59 Å². The lowest BCUT2D eigenvalue weighted by molar-refractivity contribution is -0.121. The van der Waals surface area contributed by atoms with Crippen LogP contribution in [0.4, 0.5) is 0 Å². The van der Waals surface area contributed by atoms with E-state index in [4.69, 9.17) is 0 Å². The molecular formula is C13H20N4O2. The van der Waals surface area contributed by atoms with Gasteiger partial charge in [-0.3, -0.25) is 19.8 Å². The smallest absolute Gasteiger partial charge is 0.274 e. The van der Waals surface area contributed by atoms with Gasteiger partial charge in [0.15, 0.2) is 0 Å². The van der Waals surface area contributed by atoms with E-state index in [1.165, 1.54) is 0 Å². The van der Waals surface area contributed by atoms with Crippen molar-refractivity contribution in [3.63, 3.8) is 0 Å². The van der Waals surface area contributed by atoms with Crippen molar-refractivity contribution in [3.8, 4) is 0 Å². The van der Waals surface area contributed by atoms with E-state index in [0.29, 0.717) is 11.6 Å². The normalized spacial score (nSPS) is 19.5. The highest BCUT2D eigenvalue weighted by molar-refractivity contribution is 6.04. The van der Waals surface area contributed by atoms with E-state index in [1.807, 2.05) is 7.05 Å². The maximum absolute atomic E-state index is 11.8. The van der Waals surface area contributed by atoms with Crippen molar-refractivity contribution in [1.29, 1.82) is 0 Å². The average molecular weight is 264 g/mol. The molecule has 0 bridgehead atoms. The molecule has 0 radical (unpaired) electrons. The second kappa shape index (κ2) is 6.49. The highest BCUT2D eigenvalue weighted by Gasteiger charge is 2.24. The predicted octanol–water partition coefficient (Wildman–Crippen LogP) is -0.188. The summed E-state index contributed by atoms with van der Waals surface area (Å²) in [5.74, 6) is -0.0254. The van der Waals surface area contributed by atoms with Crippen LogP contribution in [0.2, 0.25) is 0 Å². The average Bonchev–Trinajstić information content (AvgIpc) is 3.00. The number of hydrogen-bond donors (Lipinski definition) is 3. The quantitative estimate of drug-likeness (QED) is 0.689. The minimum absolute atomic E-state index is 0.246. The molecule has 0 aromatic carbocycles. The number of carbonyl (C=O) groups excluding carboxylic acids is 2. The Kier molecular flexibility index (Phi) is 4.70. The Morgan fingerprint density at radius 1 is 1.53 bits per heavy atom. The van der Waals surface area contributed by atoms with Crippen molar-refractivity contribution in [2.45, 2.75) is 6.42 Å². The van der Waals surface area contributed by atoms with Crippen molar-refractivity contribution in [2.24, 2.45) is 5.92 Å². The van der Waals surface area contributed by atoms with Gasteiger partial charge < -0.3 is 10.3 Å². The standard InChI is InChI=1S/C13H20N4O2/c1-14-7-10-4-6-17(8-10)9-12(18)16-13(19)11-3-2-5-15-11/h2-3,5,10,14-15H,4,6-9H2,1H3,(H,16,18,19). The lowest BCUT2D eigenvalue weighted by Gasteiger charge is -2.15. The van der Waals surface area contributed by atoms with E-state index >= 15 is 0 Å². The molecule has 1 fully saturated rings. The third kappa shape index (κ3) is 3.90. The van der Waals surface area contributed by atoms with E-state index < -0.39 is 0 Å². The van der Waals surface area contributed by atoms with E-state index in [-0.39, 0.29) is 18.4 Å². The van der Waals surface area contributed by atoms with Crippen molar-refractivity contribution >= 4 is 11.8 Å². The van der Waals surface area contributed by atoms with Crippen LogP contribution in [-0.4, -0.2) is 54.9 Å². The van der Waals surface area contributed by atoms with Gasteiger partial charge in [0.2, 0.25) is 5.91 Å². The van der Waals surface area contributed by atoms with Gasteiger partial charge in [0.25, 0.3) is 5.91 Å². The van der Waals surface area contributed by atoms with Crippen molar-refractivity contribution in [2.75, 3.05) is 33.2 Å². The third-order valence-electron chi connectivity index (χ3n) is 3.33. The topological polar surface area (TPSA) is 77.2 Å². The minimum atomic E-state index is -0.374. The first-order valence-electron chi connectivity index (χ1n) is 6.53. The molecular weight excluding hydrogens is 244 g/mol. The molecule has 0 spiro atoms. The fraction of sp³-hybridized carbons (Fsp3) is 0.538. The first-order chi connectivity index (χ1) is 9.19. The van der Waals surface area contributed by atoms with Gasteiger partial charge in [-0.1, -0.05) is 0 Å². The molecule has 2 amide bonds. The van der Waals surface area contributed by atoms with Gasteiger partial charge in [-0.15, -0.1) is 0 Å². The number of amides is 2. The summed E-state index contributed by atoms with van der Waals surface area (Å²) in [5, 5.41) is 5.54. The largest absolute Gasteiger partial charge is 0.357 e. The molecule has 1 saturated heterocycles. The molecule has 1 aromatic rings. The van der Waals surface area contributed by atoms with Gasteiger partial charge in [-0.25, -0.2) is 0 Å². The SMILES string of the molecule is CNCC1CCN(CC(=O)NC(=O)c2ccc[nH]2)C1. The van der Waals surface area contributed by atoms with Crippen LogP contribution >= 0.6 is 0 Å². The molecule has 6 heteroatoms. The lowest BCUT2D eigenvalue weighted by Crippen LogP contribution is -2.39. The Morgan fingerprint density at radius 2 is 2.37 bits per heavy atom. The number of aromatic amines is 1. The molecule has 1 aromatic heterocycles. The van der Waals surface area contributed by atoms with Crippen LogP contribution in [-0.2, 0) is 4.79 Å². The van der Waals surface area contributed by atoms with Crippen LogP contribution in [0.3, 0.4) is 0 Å². The zero-order valence-electron chi connectivity index (χ0n) is 11.1. The fourth-order valence-corrected chi connectivity index (χ4v) is 2.42. The molecule has 0 aliphatic carbocycles. The Balaban J connectivity index is 1.75. The van der Waals surface area contributed by atoms with Gasteiger partial charge >= 0.3 is 0 Å². The number of imide groups is 1.